The third kappa shape index (κ3) is 3.59. The second-order valence-corrected chi connectivity index (χ2v) is 6.10. The van der Waals surface area contributed by atoms with E-state index in [-0.39, 0.29) is 17.9 Å². The number of aromatic nitrogens is 4. The number of nitrogens with zero attached hydrogens (tertiary/aromatic N) is 3. The highest BCUT2D eigenvalue weighted by atomic mass is 16.2. The highest BCUT2D eigenvalue weighted by Gasteiger charge is 2.23. The Morgan fingerprint density at radius 3 is 2.50 bits per heavy atom. The Labute approximate surface area is 149 Å². The number of rotatable bonds is 5. The van der Waals surface area contributed by atoms with Gasteiger partial charge in [-0.05, 0) is 48.4 Å². The van der Waals surface area contributed by atoms with Gasteiger partial charge in [0.2, 0.25) is 5.82 Å². The first-order chi connectivity index (χ1) is 12.7. The van der Waals surface area contributed by atoms with Gasteiger partial charge in [0.05, 0.1) is 0 Å². The molecule has 1 aliphatic rings. The summed E-state index contributed by atoms with van der Waals surface area (Å²) in [7, 11) is 0. The smallest absolute Gasteiger partial charge is 0.255 e. The highest BCUT2D eigenvalue weighted by molar-refractivity contribution is 6.05. The van der Waals surface area contributed by atoms with Crippen LogP contribution in [0.1, 0.15) is 33.6 Å². The first-order valence-corrected chi connectivity index (χ1v) is 8.25. The van der Waals surface area contributed by atoms with Gasteiger partial charge >= 0.3 is 0 Å². The molecule has 8 heteroatoms. The van der Waals surface area contributed by atoms with Crippen molar-refractivity contribution >= 4 is 17.5 Å². The van der Waals surface area contributed by atoms with Crippen molar-refractivity contribution in [3.8, 4) is 11.4 Å². The maximum Gasteiger partial charge on any atom is 0.255 e. The van der Waals surface area contributed by atoms with E-state index in [0.717, 1.165) is 12.8 Å². The predicted molar refractivity (Wildman–Crippen MR) is 94.5 cm³/mol. The summed E-state index contributed by atoms with van der Waals surface area (Å²) in [5, 5.41) is 19.5. The lowest BCUT2D eigenvalue weighted by molar-refractivity contribution is 0.0949. The molecule has 0 unspecified atom stereocenters. The Morgan fingerprint density at radius 2 is 1.77 bits per heavy atom. The van der Waals surface area contributed by atoms with E-state index in [1.165, 1.54) is 0 Å². The molecule has 8 nitrogen and oxygen atoms in total. The summed E-state index contributed by atoms with van der Waals surface area (Å²) in [4.78, 5) is 24.7. The van der Waals surface area contributed by atoms with E-state index in [1.807, 2.05) is 0 Å². The summed E-state index contributed by atoms with van der Waals surface area (Å²) < 4.78 is 0. The first kappa shape index (κ1) is 15.9. The topological polar surface area (TPSA) is 113 Å². The molecular weight excluding hydrogens is 332 g/mol. The van der Waals surface area contributed by atoms with Crippen LogP contribution < -0.4 is 10.6 Å². The molecule has 1 heterocycles. The van der Waals surface area contributed by atoms with Crippen molar-refractivity contribution in [1.29, 1.82) is 0 Å². The van der Waals surface area contributed by atoms with E-state index in [4.69, 9.17) is 0 Å². The van der Waals surface area contributed by atoms with Gasteiger partial charge in [-0.3, -0.25) is 9.59 Å². The van der Waals surface area contributed by atoms with Crippen LogP contribution in [0.25, 0.3) is 11.4 Å². The Morgan fingerprint density at radius 1 is 1.00 bits per heavy atom. The van der Waals surface area contributed by atoms with Gasteiger partial charge in [-0.2, -0.15) is 5.21 Å². The molecule has 0 saturated heterocycles. The minimum atomic E-state index is -0.282. The number of carbonyl (C=O) groups excluding carboxylic acids is 2. The van der Waals surface area contributed by atoms with Gasteiger partial charge in [0.15, 0.2) is 0 Å². The molecule has 0 atom stereocenters. The van der Waals surface area contributed by atoms with E-state index in [0.29, 0.717) is 28.2 Å². The molecule has 26 heavy (non-hydrogen) atoms. The summed E-state index contributed by atoms with van der Waals surface area (Å²) in [5.41, 5.74) is 2.22. The van der Waals surface area contributed by atoms with E-state index in [9.17, 15) is 9.59 Å². The van der Waals surface area contributed by atoms with Gasteiger partial charge < -0.3 is 10.6 Å². The second kappa shape index (κ2) is 6.75. The molecular formula is C18H16N6O2. The monoisotopic (exact) mass is 348 g/mol. The van der Waals surface area contributed by atoms with Crippen LogP contribution in [-0.2, 0) is 0 Å². The molecule has 130 valence electrons. The number of hydrogen-bond donors (Lipinski definition) is 3. The molecule has 2 amide bonds. The van der Waals surface area contributed by atoms with Gasteiger partial charge in [-0.1, -0.05) is 18.2 Å². The largest absolute Gasteiger partial charge is 0.349 e. The summed E-state index contributed by atoms with van der Waals surface area (Å²) in [6.45, 7) is 0. The zero-order valence-electron chi connectivity index (χ0n) is 13.8. The van der Waals surface area contributed by atoms with Crippen molar-refractivity contribution in [3.63, 3.8) is 0 Å². The van der Waals surface area contributed by atoms with Crippen molar-refractivity contribution < 1.29 is 9.59 Å². The molecule has 2 aromatic carbocycles. The maximum absolute atomic E-state index is 12.5. The average molecular weight is 348 g/mol. The van der Waals surface area contributed by atoms with E-state index < -0.39 is 0 Å². The molecule has 1 aromatic heterocycles. The molecule has 3 N–H and O–H groups in total. The number of carbonyl (C=O) groups is 2. The Bertz CT molecular complexity index is 950. The van der Waals surface area contributed by atoms with Crippen molar-refractivity contribution in [2.75, 3.05) is 5.32 Å². The second-order valence-electron chi connectivity index (χ2n) is 6.10. The number of aromatic amines is 1. The van der Waals surface area contributed by atoms with E-state index in [2.05, 4.69) is 31.3 Å². The Balaban J connectivity index is 1.49. The lowest BCUT2D eigenvalue weighted by Crippen LogP contribution is -2.25. The summed E-state index contributed by atoms with van der Waals surface area (Å²) in [6, 6.07) is 14.1. The van der Waals surface area contributed by atoms with Crippen LogP contribution in [0.2, 0.25) is 0 Å². The van der Waals surface area contributed by atoms with Crippen LogP contribution in [0, 0.1) is 0 Å². The fourth-order valence-electron chi connectivity index (χ4n) is 2.52. The fourth-order valence-corrected chi connectivity index (χ4v) is 2.52. The van der Waals surface area contributed by atoms with Crippen LogP contribution in [-0.4, -0.2) is 38.5 Å². The van der Waals surface area contributed by atoms with Gasteiger partial charge in [-0.25, -0.2) is 0 Å². The van der Waals surface area contributed by atoms with Gasteiger partial charge in [-0.15, -0.1) is 10.2 Å². The average Bonchev–Trinajstić information content (AvgIpc) is 3.30. The number of benzene rings is 2. The fraction of sp³-hybridized carbons (Fsp3) is 0.167. The molecule has 0 aliphatic heterocycles. The molecule has 1 saturated carbocycles. The van der Waals surface area contributed by atoms with Gasteiger partial charge in [0.25, 0.3) is 11.8 Å². The SMILES string of the molecule is O=C(Nc1cccc(C(=O)NC2CC2)c1)c1cccc(-c2nn[nH]n2)c1. The quantitative estimate of drug-likeness (QED) is 0.653. The number of hydrogen-bond acceptors (Lipinski definition) is 5. The normalized spacial score (nSPS) is 13.2. The third-order valence-corrected chi connectivity index (χ3v) is 4.02. The number of amides is 2. The van der Waals surface area contributed by atoms with E-state index >= 15 is 0 Å². The molecule has 4 rings (SSSR count). The van der Waals surface area contributed by atoms with Crippen molar-refractivity contribution in [3.05, 3.63) is 59.7 Å². The standard InChI is InChI=1S/C18H16N6O2/c25-17(12-4-1-3-11(9-12)16-21-23-24-22-16)20-15-6-2-5-13(10-15)18(26)19-14-7-8-14/h1-6,9-10,14H,7-8H2,(H,19,26)(H,20,25)(H,21,22,23,24). The third-order valence-electron chi connectivity index (χ3n) is 4.02. The summed E-state index contributed by atoms with van der Waals surface area (Å²) >= 11 is 0. The molecule has 0 spiro atoms. The van der Waals surface area contributed by atoms with Crippen LogP contribution in [0.4, 0.5) is 5.69 Å². The molecule has 1 aliphatic carbocycles. The predicted octanol–water partition coefficient (Wildman–Crippen LogP) is 2.01. The Kier molecular flexibility index (Phi) is 4.14. The van der Waals surface area contributed by atoms with Gasteiger partial charge in [0, 0.05) is 28.4 Å². The lowest BCUT2D eigenvalue weighted by Gasteiger charge is -2.08. The van der Waals surface area contributed by atoms with Crippen LogP contribution in [0.15, 0.2) is 48.5 Å². The summed E-state index contributed by atoms with van der Waals surface area (Å²) in [6.07, 6.45) is 2.05. The molecule has 1 fully saturated rings. The molecule has 0 radical (unpaired) electrons. The number of nitrogens with one attached hydrogen (secondary N) is 3. The number of tetrazole rings is 1. The van der Waals surface area contributed by atoms with Crippen LogP contribution >= 0.6 is 0 Å². The van der Waals surface area contributed by atoms with Gasteiger partial charge in [0.1, 0.15) is 0 Å². The number of anilines is 1. The zero-order valence-corrected chi connectivity index (χ0v) is 13.8. The van der Waals surface area contributed by atoms with Crippen molar-refractivity contribution in [1.82, 2.24) is 25.9 Å². The molecule has 0 bridgehead atoms. The minimum absolute atomic E-state index is 0.122. The van der Waals surface area contributed by atoms with E-state index in [1.54, 1.807) is 48.5 Å². The molecule has 3 aromatic rings. The van der Waals surface area contributed by atoms with Crippen LogP contribution in [0.5, 0.6) is 0 Å². The lowest BCUT2D eigenvalue weighted by atomic mass is 10.1. The summed E-state index contributed by atoms with van der Waals surface area (Å²) in [5.74, 6) is 0.0104. The minimum Gasteiger partial charge on any atom is -0.349 e. The van der Waals surface area contributed by atoms with Crippen LogP contribution in [0.3, 0.4) is 0 Å². The zero-order chi connectivity index (χ0) is 17.9. The first-order valence-electron chi connectivity index (χ1n) is 8.25. The van der Waals surface area contributed by atoms with Crippen molar-refractivity contribution in [2.45, 2.75) is 18.9 Å². The van der Waals surface area contributed by atoms with Crippen molar-refractivity contribution in [2.24, 2.45) is 0 Å². The maximum atomic E-state index is 12.5. The Hall–Kier alpha value is -3.55. The highest BCUT2D eigenvalue weighted by Crippen LogP contribution is 2.20. The number of H-pyrrole nitrogens is 1.